The molecule has 4 nitrogen and oxygen atoms in total. The number of fused-ring (bicyclic) bond motifs is 9. The lowest BCUT2D eigenvalue weighted by Gasteiger charge is -2.50. The Morgan fingerprint density at radius 3 is 2.93 bits per heavy atom. The van der Waals surface area contributed by atoms with Gasteiger partial charge in [-0.05, 0) is 74.3 Å². The van der Waals surface area contributed by atoms with Crippen molar-refractivity contribution in [3.63, 3.8) is 0 Å². The highest BCUT2D eigenvalue weighted by molar-refractivity contribution is 5.48. The first kappa shape index (κ1) is 18.1. The van der Waals surface area contributed by atoms with E-state index in [0.29, 0.717) is 12.0 Å². The molecule has 0 spiro atoms. The minimum absolute atomic E-state index is 0.0497. The topological polar surface area (TPSA) is 36.9 Å². The predicted molar refractivity (Wildman–Crippen MR) is 106 cm³/mol. The molecule has 2 saturated carbocycles. The molecule has 4 heteroatoms. The van der Waals surface area contributed by atoms with Crippen molar-refractivity contribution in [2.75, 3.05) is 20.3 Å². The van der Waals surface area contributed by atoms with Crippen molar-refractivity contribution in [1.82, 2.24) is 0 Å². The molecule has 0 radical (unpaired) electrons. The molecular formula is C24H34O4. The number of hydrogen-bond acceptors (Lipinski definition) is 4. The molecule has 2 bridgehead atoms. The maximum absolute atomic E-state index is 6.56. The van der Waals surface area contributed by atoms with E-state index in [1.54, 1.807) is 23.8 Å². The summed E-state index contributed by atoms with van der Waals surface area (Å²) in [5, 5.41) is 0. The minimum atomic E-state index is -0.110. The first-order chi connectivity index (χ1) is 13.6. The Hall–Kier alpha value is -0.680. The van der Waals surface area contributed by atoms with E-state index < -0.39 is 0 Å². The van der Waals surface area contributed by atoms with Gasteiger partial charge in [-0.25, -0.2) is 0 Å². The van der Waals surface area contributed by atoms with Crippen molar-refractivity contribution in [2.24, 2.45) is 23.2 Å². The van der Waals surface area contributed by atoms with Crippen molar-refractivity contribution in [2.45, 2.75) is 82.9 Å². The van der Waals surface area contributed by atoms with Gasteiger partial charge in [0.05, 0.1) is 31.0 Å². The number of rotatable bonds is 3. The first-order valence-electron chi connectivity index (χ1n) is 11.4. The van der Waals surface area contributed by atoms with Gasteiger partial charge in [-0.1, -0.05) is 18.6 Å². The van der Waals surface area contributed by atoms with E-state index >= 15 is 0 Å². The number of hydrogen-bond donors (Lipinski definition) is 0. The molecule has 0 aromatic carbocycles. The van der Waals surface area contributed by atoms with Gasteiger partial charge in [-0.15, -0.1) is 0 Å². The molecule has 0 N–H and O–H groups in total. The summed E-state index contributed by atoms with van der Waals surface area (Å²) in [7, 11) is 1.76. The van der Waals surface area contributed by atoms with E-state index in [9.17, 15) is 0 Å². The van der Waals surface area contributed by atoms with E-state index in [1.807, 2.05) is 6.92 Å². The fourth-order valence-corrected chi connectivity index (χ4v) is 7.77. The van der Waals surface area contributed by atoms with Crippen molar-refractivity contribution in [3.8, 4) is 0 Å². The molecule has 8 atom stereocenters. The fraction of sp³-hybridized carbons (Fsp3) is 0.833. The van der Waals surface area contributed by atoms with Crippen LogP contribution in [-0.4, -0.2) is 44.4 Å². The molecule has 1 saturated heterocycles. The largest absolute Gasteiger partial charge is 0.375 e. The summed E-state index contributed by atoms with van der Waals surface area (Å²) in [5.74, 6) is 2.15. The smallest absolute Gasteiger partial charge is 0.155 e. The number of allylic oxidation sites excluding steroid dienone is 1. The van der Waals surface area contributed by atoms with E-state index in [2.05, 4.69) is 13.0 Å². The highest BCUT2D eigenvalue weighted by atomic mass is 16.7. The van der Waals surface area contributed by atoms with Crippen LogP contribution in [0.2, 0.25) is 0 Å². The van der Waals surface area contributed by atoms with Gasteiger partial charge in [0.25, 0.3) is 0 Å². The summed E-state index contributed by atoms with van der Waals surface area (Å²) in [6, 6.07) is 0. The van der Waals surface area contributed by atoms with Crippen LogP contribution in [0, 0.1) is 23.2 Å². The van der Waals surface area contributed by atoms with Crippen LogP contribution in [0.1, 0.15) is 58.8 Å². The van der Waals surface area contributed by atoms with Gasteiger partial charge in [-0.3, -0.25) is 0 Å². The monoisotopic (exact) mass is 386 g/mol. The zero-order chi connectivity index (χ0) is 19.1. The van der Waals surface area contributed by atoms with Crippen LogP contribution >= 0.6 is 0 Å². The lowest BCUT2D eigenvalue weighted by Crippen LogP contribution is -2.47. The Morgan fingerprint density at radius 2 is 2.07 bits per heavy atom. The second kappa shape index (κ2) is 6.16. The molecule has 1 aliphatic heterocycles. The average Bonchev–Trinajstić information content (AvgIpc) is 3.38. The van der Waals surface area contributed by atoms with Crippen molar-refractivity contribution in [1.29, 1.82) is 0 Å². The standard InChI is InChI=1S/C24H34O4/c1-14(25-3)28-24-13-16(24)11-20-18-5-4-15-10-17-12-21(27-9-8-26-17)22(15)19(18)6-7-23(20,24)2/h6,14,16-18,20-21H,4-5,7-13H2,1-3H3/t14?,16-,17?,18+,20-,21?,23-,24+/m0/s1. The molecule has 6 rings (SSSR count). The Labute approximate surface area is 168 Å². The third kappa shape index (κ3) is 2.32. The van der Waals surface area contributed by atoms with Gasteiger partial charge in [-0.2, -0.15) is 0 Å². The Balaban J connectivity index is 1.34. The van der Waals surface area contributed by atoms with Crippen LogP contribution in [-0.2, 0) is 18.9 Å². The van der Waals surface area contributed by atoms with Gasteiger partial charge < -0.3 is 18.9 Å². The summed E-state index contributed by atoms with van der Waals surface area (Å²) in [6.07, 6.45) is 11.5. The quantitative estimate of drug-likeness (QED) is 0.674. The maximum Gasteiger partial charge on any atom is 0.155 e. The van der Waals surface area contributed by atoms with Gasteiger partial charge in [0.15, 0.2) is 6.29 Å². The highest BCUT2D eigenvalue weighted by Crippen LogP contribution is 2.75. The number of ether oxygens (including phenoxy) is 4. The van der Waals surface area contributed by atoms with Gasteiger partial charge in [0.1, 0.15) is 0 Å². The van der Waals surface area contributed by atoms with E-state index in [-0.39, 0.29) is 23.4 Å². The third-order valence-electron chi connectivity index (χ3n) is 9.19. The Bertz CT molecular complexity index is 741. The molecule has 5 aliphatic carbocycles. The van der Waals surface area contributed by atoms with Crippen molar-refractivity contribution >= 4 is 0 Å². The van der Waals surface area contributed by atoms with Crippen LogP contribution in [0.25, 0.3) is 0 Å². The summed E-state index contributed by atoms with van der Waals surface area (Å²) in [4.78, 5) is 0. The molecule has 0 aromatic heterocycles. The molecule has 0 aromatic rings. The molecule has 28 heavy (non-hydrogen) atoms. The average molecular weight is 387 g/mol. The van der Waals surface area contributed by atoms with E-state index in [1.165, 1.54) is 25.7 Å². The second-order valence-corrected chi connectivity index (χ2v) is 10.3. The van der Waals surface area contributed by atoms with Crippen molar-refractivity contribution in [3.05, 3.63) is 22.8 Å². The van der Waals surface area contributed by atoms with Gasteiger partial charge in [0.2, 0.25) is 0 Å². The molecule has 0 amide bonds. The minimum Gasteiger partial charge on any atom is -0.375 e. The highest BCUT2D eigenvalue weighted by Gasteiger charge is 2.75. The SMILES string of the molecule is COC(C)O[C@]12C[C@@H]1C[C@H]1[C@@H]3CCC4=C(C3=CC[C@@]12C)C1CC(C4)OCCO1. The van der Waals surface area contributed by atoms with Crippen LogP contribution in [0.15, 0.2) is 22.8 Å². The summed E-state index contributed by atoms with van der Waals surface area (Å²) in [5.41, 5.74) is 5.16. The van der Waals surface area contributed by atoms with Gasteiger partial charge in [0, 0.05) is 18.9 Å². The maximum atomic E-state index is 6.56. The van der Waals surface area contributed by atoms with E-state index in [0.717, 1.165) is 44.3 Å². The van der Waals surface area contributed by atoms with Crippen LogP contribution < -0.4 is 0 Å². The summed E-state index contributed by atoms with van der Waals surface area (Å²) < 4.78 is 24.3. The zero-order valence-corrected chi connectivity index (χ0v) is 17.5. The zero-order valence-electron chi connectivity index (χ0n) is 17.5. The lowest BCUT2D eigenvalue weighted by atomic mass is 9.56. The molecular weight excluding hydrogens is 352 g/mol. The molecule has 3 fully saturated rings. The van der Waals surface area contributed by atoms with Crippen LogP contribution in [0.3, 0.4) is 0 Å². The number of methoxy groups -OCH3 is 1. The predicted octanol–water partition coefficient (Wildman–Crippen LogP) is 4.39. The fourth-order valence-electron chi connectivity index (χ4n) is 7.77. The Kier molecular flexibility index (Phi) is 3.99. The second-order valence-electron chi connectivity index (χ2n) is 10.3. The first-order valence-corrected chi connectivity index (χ1v) is 11.4. The van der Waals surface area contributed by atoms with E-state index in [4.69, 9.17) is 18.9 Å². The third-order valence-corrected chi connectivity index (χ3v) is 9.19. The normalized spacial score (nSPS) is 50.0. The molecule has 1 heterocycles. The van der Waals surface area contributed by atoms with Crippen LogP contribution in [0.5, 0.6) is 0 Å². The lowest BCUT2D eigenvalue weighted by molar-refractivity contribution is -0.194. The Morgan fingerprint density at radius 1 is 1.21 bits per heavy atom. The molecule has 6 aliphatic rings. The van der Waals surface area contributed by atoms with Gasteiger partial charge >= 0.3 is 0 Å². The summed E-state index contributed by atoms with van der Waals surface area (Å²) >= 11 is 0. The molecule has 3 unspecified atom stereocenters. The van der Waals surface area contributed by atoms with Crippen LogP contribution in [0.4, 0.5) is 0 Å². The molecule has 154 valence electrons. The van der Waals surface area contributed by atoms with Crippen molar-refractivity contribution < 1.29 is 18.9 Å². The summed E-state index contributed by atoms with van der Waals surface area (Å²) in [6.45, 7) is 6.05.